The van der Waals surface area contributed by atoms with Gasteiger partial charge in [0.2, 0.25) is 11.9 Å². The smallest absolute Gasteiger partial charge is 0.410 e. The summed E-state index contributed by atoms with van der Waals surface area (Å²) in [5.74, 6) is 0.340. The predicted octanol–water partition coefficient (Wildman–Crippen LogP) is 3.15. The van der Waals surface area contributed by atoms with Crippen molar-refractivity contribution in [1.82, 2.24) is 24.8 Å². The van der Waals surface area contributed by atoms with Gasteiger partial charge in [0.1, 0.15) is 26.9 Å². The van der Waals surface area contributed by atoms with Crippen molar-refractivity contribution >= 4 is 71.2 Å². The summed E-state index contributed by atoms with van der Waals surface area (Å²) in [5.41, 5.74) is 10.5. The number of ether oxygens (including phenoxy) is 1. The van der Waals surface area contributed by atoms with Crippen LogP contribution in [0.3, 0.4) is 0 Å². The molecule has 0 aliphatic carbocycles. The van der Waals surface area contributed by atoms with Gasteiger partial charge in [-0.3, -0.25) is 9.59 Å². The number of aldehydes is 2. The Bertz CT molecular complexity index is 1090. The number of rotatable bonds is 3. The van der Waals surface area contributed by atoms with Crippen LogP contribution in [0.1, 0.15) is 48.4 Å². The molecule has 0 radical (unpaired) electrons. The minimum Gasteiger partial charge on any atom is -0.444 e. The first-order chi connectivity index (χ1) is 16.3. The molecule has 4 N–H and O–H groups in total. The number of halogens is 3. The lowest BCUT2D eigenvalue weighted by Crippen LogP contribution is -2.55. The third kappa shape index (κ3) is 7.51. The van der Waals surface area contributed by atoms with E-state index < -0.39 is 5.60 Å². The van der Waals surface area contributed by atoms with Gasteiger partial charge in [0, 0.05) is 25.7 Å². The van der Waals surface area contributed by atoms with Crippen molar-refractivity contribution in [1.29, 1.82) is 0 Å². The molecule has 1 fully saturated rings. The molecule has 12 nitrogen and oxygen atoms in total. The van der Waals surface area contributed by atoms with E-state index in [1.54, 1.807) is 4.90 Å². The predicted molar refractivity (Wildman–Crippen MR) is 133 cm³/mol. The summed E-state index contributed by atoms with van der Waals surface area (Å²) >= 11 is 17.0. The summed E-state index contributed by atoms with van der Waals surface area (Å²) in [6, 6.07) is -0.0877. The number of hydrogen-bond acceptors (Lipinski definition) is 11. The molecule has 0 aromatic carbocycles. The molecule has 1 amide bonds. The highest BCUT2D eigenvalue weighted by molar-refractivity contribution is 6.37. The van der Waals surface area contributed by atoms with Crippen LogP contribution >= 0.6 is 34.8 Å². The summed E-state index contributed by atoms with van der Waals surface area (Å²) in [7, 11) is 0. The van der Waals surface area contributed by atoms with E-state index in [2.05, 4.69) is 19.9 Å². The first-order valence-corrected chi connectivity index (χ1v) is 11.4. The lowest BCUT2D eigenvalue weighted by atomic mass is 10.1. The maximum absolute atomic E-state index is 12.2. The van der Waals surface area contributed by atoms with Crippen LogP contribution in [-0.4, -0.2) is 74.8 Å². The molecule has 1 aliphatic heterocycles. The molecule has 2 aromatic heterocycles. The average molecular weight is 548 g/mol. The van der Waals surface area contributed by atoms with Crippen molar-refractivity contribution in [2.24, 2.45) is 0 Å². The maximum Gasteiger partial charge on any atom is 0.410 e. The second kappa shape index (κ2) is 11.6. The number of nitrogens with two attached hydrogens (primary N) is 2. The summed E-state index contributed by atoms with van der Waals surface area (Å²) in [6.07, 6.45) is 0.735. The van der Waals surface area contributed by atoms with E-state index in [4.69, 9.17) is 51.0 Å². The van der Waals surface area contributed by atoms with Crippen LogP contribution in [0.4, 0.5) is 22.5 Å². The minimum absolute atomic E-state index is 0.00220. The van der Waals surface area contributed by atoms with E-state index >= 15 is 0 Å². The Hall–Kier alpha value is -2.96. The highest BCUT2D eigenvalue weighted by atomic mass is 35.5. The van der Waals surface area contributed by atoms with Crippen LogP contribution in [0.2, 0.25) is 15.5 Å². The first kappa shape index (κ1) is 28.3. The number of nitrogen functional groups attached to an aromatic ring is 2. The Morgan fingerprint density at radius 3 is 1.89 bits per heavy atom. The van der Waals surface area contributed by atoms with Gasteiger partial charge in [-0.15, -0.1) is 0 Å². The van der Waals surface area contributed by atoms with Gasteiger partial charge in [-0.2, -0.15) is 4.98 Å². The van der Waals surface area contributed by atoms with Gasteiger partial charge in [0.25, 0.3) is 0 Å². The van der Waals surface area contributed by atoms with E-state index in [0.29, 0.717) is 38.0 Å². The number of nitrogens with zero attached hydrogens (tertiary/aromatic N) is 6. The number of carbonyl (C=O) groups excluding carboxylic acids is 3. The van der Waals surface area contributed by atoms with E-state index in [1.165, 1.54) is 0 Å². The van der Waals surface area contributed by atoms with Gasteiger partial charge in [-0.25, -0.2) is 19.7 Å². The number of piperazine rings is 1. The Kier molecular flexibility index (Phi) is 9.41. The molecule has 190 valence electrons. The lowest BCUT2D eigenvalue weighted by Gasteiger charge is -2.41. The fourth-order valence-electron chi connectivity index (χ4n) is 3.06. The number of aromatic nitrogens is 4. The van der Waals surface area contributed by atoms with Crippen molar-refractivity contribution in [2.45, 2.75) is 39.3 Å². The largest absolute Gasteiger partial charge is 0.444 e. The zero-order valence-corrected chi connectivity index (χ0v) is 21.7. The molecule has 35 heavy (non-hydrogen) atoms. The van der Waals surface area contributed by atoms with Crippen LogP contribution in [-0.2, 0) is 4.74 Å². The third-order valence-electron chi connectivity index (χ3n) is 4.55. The first-order valence-electron chi connectivity index (χ1n) is 10.2. The molecule has 0 unspecified atom stereocenters. The normalized spacial score (nSPS) is 15.7. The van der Waals surface area contributed by atoms with E-state index in [-0.39, 0.29) is 50.6 Å². The number of amides is 1. The van der Waals surface area contributed by atoms with Crippen LogP contribution in [0.25, 0.3) is 0 Å². The van der Waals surface area contributed by atoms with Crippen molar-refractivity contribution in [3.8, 4) is 0 Å². The van der Waals surface area contributed by atoms with Crippen LogP contribution in [0, 0.1) is 0 Å². The van der Waals surface area contributed by atoms with E-state index in [1.807, 2.05) is 32.6 Å². The van der Waals surface area contributed by atoms with Gasteiger partial charge < -0.3 is 26.0 Å². The third-order valence-corrected chi connectivity index (χ3v) is 5.42. The second-order valence-corrected chi connectivity index (χ2v) is 9.47. The van der Waals surface area contributed by atoms with Crippen LogP contribution in [0.5, 0.6) is 0 Å². The van der Waals surface area contributed by atoms with Crippen molar-refractivity contribution in [2.75, 3.05) is 36.0 Å². The number of carbonyl (C=O) groups is 3. The summed E-state index contributed by atoms with van der Waals surface area (Å²) in [6.45, 7) is 8.77. The molecular formula is C20H25Cl3N8O4. The minimum atomic E-state index is -0.545. The van der Waals surface area contributed by atoms with Crippen molar-refractivity contribution in [3.63, 3.8) is 0 Å². The summed E-state index contributed by atoms with van der Waals surface area (Å²) < 4.78 is 5.40. The lowest BCUT2D eigenvalue weighted by molar-refractivity contribution is 0.0218. The monoisotopic (exact) mass is 546 g/mol. The Morgan fingerprint density at radius 1 is 0.943 bits per heavy atom. The topological polar surface area (TPSA) is 171 Å². The standard InChI is InChI=1S/C15H22ClN5O3.C5H3Cl2N3O/c1-9-7-20(14(23)24-15(2,3)4)5-6-21(9)12-10(8-22)11(16)18-13(17)19-12;6-3-2(1-11)4(7)10-5(8)9-3/h8-9H,5-7H2,1-4H3,(H2,17,18,19);1H,(H2,8,9,10)/t9-;/m1./s1. The van der Waals surface area contributed by atoms with Gasteiger partial charge in [0.15, 0.2) is 12.6 Å². The zero-order valence-electron chi connectivity index (χ0n) is 19.5. The zero-order chi connectivity index (χ0) is 26.5. The van der Waals surface area contributed by atoms with Gasteiger partial charge in [-0.05, 0) is 27.7 Å². The molecule has 15 heteroatoms. The van der Waals surface area contributed by atoms with Gasteiger partial charge in [-0.1, -0.05) is 34.8 Å². The van der Waals surface area contributed by atoms with Gasteiger partial charge in [0.05, 0.1) is 11.1 Å². The van der Waals surface area contributed by atoms with Gasteiger partial charge >= 0.3 is 6.09 Å². The maximum atomic E-state index is 12.2. The SMILES string of the molecule is C[C@@H]1CN(C(=O)OC(C)(C)C)CCN1c1nc(N)nc(Cl)c1C=O.Nc1nc(Cl)c(C=O)c(Cl)n1. The molecular weight excluding hydrogens is 523 g/mol. The molecule has 3 rings (SSSR count). The second-order valence-electron chi connectivity index (χ2n) is 8.39. The Labute approximate surface area is 216 Å². The number of anilines is 3. The van der Waals surface area contributed by atoms with E-state index in [0.717, 1.165) is 0 Å². The van der Waals surface area contributed by atoms with Crippen LogP contribution < -0.4 is 16.4 Å². The molecule has 3 heterocycles. The fraction of sp³-hybridized carbons (Fsp3) is 0.450. The highest BCUT2D eigenvalue weighted by Gasteiger charge is 2.32. The Balaban J connectivity index is 0.000000328. The van der Waals surface area contributed by atoms with Crippen molar-refractivity contribution < 1.29 is 19.1 Å². The van der Waals surface area contributed by atoms with Crippen LogP contribution in [0.15, 0.2) is 0 Å². The molecule has 1 aliphatic rings. The highest BCUT2D eigenvalue weighted by Crippen LogP contribution is 2.27. The fourth-order valence-corrected chi connectivity index (χ4v) is 3.77. The summed E-state index contributed by atoms with van der Waals surface area (Å²) in [4.78, 5) is 52.3. The average Bonchev–Trinajstić information content (AvgIpc) is 2.72. The molecule has 0 spiro atoms. The molecule has 2 aromatic rings. The molecule has 1 atom stereocenters. The molecule has 0 saturated carbocycles. The Morgan fingerprint density at radius 2 is 1.43 bits per heavy atom. The van der Waals surface area contributed by atoms with E-state index in [9.17, 15) is 14.4 Å². The summed E-state index contributed by atoms with van der Waals surface area (Å²) in [5, 5.41) is -0.0377. The number of hydrogen-bond donors (Lipinski definition) is 2. The van der Waals surface area contributed by atoms with Crippen molar-refractivity contribution in [3.05, 3.63) is 26.6 Å². The quantitative estimate of drug-likeness (QED) is 0.427. The molecule has 1 saturated heterocycles. The molecule has 0 bridgehead atoms.